The molecular formula is C17H23ClN4O2. The fraction of sp³-hybridized carbons (Fsp3) is 0.412. The smallest absolute Gasteiger partial charge is 0.275 e. The van der Waals surface area contributed by atoms with Gasteiger partial charge in [-0.25, -0.2) is 4.68 Å². The van der Waals surface area contributed by atoms with Crippen molar-refractivity contribution in [3.63, 3.8) is 0 Å². The summed E-state index contributed by atoms with van der Waals surface area (Å²) in [7, 11) is 0. The van der Waals surface area contributed by atoms with Crippen LogP contribution in [0.3, 0.4) is 0 Å². The molecule has 3 N–H and O–H groups in total. The predicted molar refractivity (Wildman–Crippen MR) is 95.3 cm³/mol. The predicted octanol–water partition coefficient (Wildman–Crippen LogP) is 2.21. The third-order valence-corrected chi connectivity index (χ3v) is 4.13. The van der Waals surface area contributed by atoms with Crippen LogP contribution in [0.15, 0.2) is 30.5 Å². The van der Waals surface area contributed by atoms with Crippen molar-refractivity contribution in [1.29, 1.82) is 0 Å². The maximum Gasteiger partial charge on any atom is 0.275 e. The molecule has 1 amide bonds. The number of nitrogens with zero attached hydrogens (tertiary/aromatic N) is 2. The molecule has 7 heteroatoms. The van der Waals surface area contributed by atoms with Crippen LogP contribution < -0.4 is 10.6 Å². The first-order valence-electron chi connectivity index (χ1n) is 7.95. The van der Waals surface area contributed by atoms with Gasteiger partial charge < -0.3 is 15.7 Å². The first-order valence-corrected chi connectivity index (χ1v) is 7.95. The van der Waals surface area contributed by atoms with Gasteiger partial charge in [-0.1, -0.05) is 26.0 Å². The summed E-state index contributed by atoms with van der Waals surface area (Å²) in [4.78, 5) is 12.2. The van der Waals surface area contributed by atoms with Crippen LogP contribution in [-0.4, -0.2) is 39.9 Å². The van der Waals surface area contributed by atoms with E-state index in [1.54, 1.807) is 0 Å². The maximum atomic E-state index is 12.2. The van der Waals surface area contributed by atoms with Crippen LogP contribution in [0.5, 0.6) is 5.75 Å². The Labute approximate surface area is 147 Å². The van der Waals surface area contributed by atoms with E-state index < -0.39 is 0 Å². The van der Waals surface area contributed by atoms with Crippen molar-refractivity contribution in [1.82, 2.24) is 20.4 Å². The van der Waals surface area contributed by atoms with Crippen LogP contribution in [0.25, 0.3) is 5.69 Å². The highest BCUT2D eigenvalue weighted by Gasteiger charge is 2.22. The van der Waals surface area contributed by atoms with Gasteiger partial charge in [0, 0.05) is 12.6 Å². The SMILES string of the molecule is CC(C)c1ccc(-n2cc(O)c(C(=O)NC3CCNC3)n2)cc1.Cl. The summed E-state index contributed by atoms with van der Waals surface area (Å²) in [5.41, 5.74) is 2.10. The van der Waals surface area contributed by atoms with E-state index in [4.69, 9.17) is 0 Å². The molecule has 1 saturated heterocycles. The third-order valence-electron chi connectivity index (χ3n) is 4.13. The fourth-order valence-corrected chi connectivity index (χ4v) is 2.70. The Morgan fingerprint density at radius 1 is 1.38 bits per heavy atom. The Bertz CT molecular complexity index is 691. The van der Waals surface area contributed by atoms with E-state index in [-0.39, 0.29) is 35.8 Å². The molecule has 1 aliphatic heterocycles. The number of nitrogens with one attached hydrogen (secondary N) is 2. The second-order valence-corrected chi connectivity index (χ2v) is 6.22. The molecule has 1 unspecified atom stereocenters. The molecule has 0 saturated carbocycles. The van der Waals surface area contributed by atoms with E-state index in [9.17, 15) is 9.90 Å². The number of aromatic nitrogens is 2. The minimum Gasteiger partial charge on any atom is -0.504 e. The molecular weight excluding hydrogens is 328 g/mol. The number of rotatable bonds is 4. The summed E-state index contributed by atoms with van der Waals surface area (Å²) in [6.45, 7) is 5.92. The van der Waals surface area contributed by atoms with Crippen molar-refractivity contribution in [3.8, 4) is 11.4 Å². The van der Waals surface area contributed by atoms with Crippen LogP contribution in [0.1, 0.15) is 42.2 Å². The Morgan fingerprint density at radius 2 is 2.08 bits per heavy atom. The number of amides is 1. The number of carbonyl (C=O) groups excluding carboxylic acids is 1. The van der Waals surface area contributed by atoms with Gasteiger partial charge in [0.1, 0.15) is 0 Å². The van der Waals surface area contributed by atoms with Gasteiger partial charge in [0.2, 0.25) is 0 Å². The highest BCUT2D eigenvalue weighted by Crippen LogP contribution is 2.20. The van der Waals surface area contributed by atoms with Gasteiger partial charge in [-0.2, -0.15) is 5.10 Å². The van der Waals surface area contributed by atoms with Gasteiger partial charge in [-0.05, 0) is 36.6 Å². The fourth-order valence-electron chi connectivity index (χ4n) is 2.70. The minimum absolute atomic E-state index is 0. The van der Waals surface area contributed by atoms with Gasteiger partial charge in [0.05, 0.1) is 11.9 Å². The summed E-state index contributed by atoms with van der Waals surface area (Å²) >= 11 is 0. The molecule has 0 radical (unpaired) electrons. The van der Waals surface area contributed by atoms with Gasteiger partial charge in [-0.3, -0.25) is 4.79 Å². The quantitative estimate of drug-likeness (QED) is 0.790. The van der Waals surface area contributed by atoms with Crippen LogP contribution in [0, 0.1) is 0 Å². The molecule has 6 nitrogen and oxygen atoms in total. The molecule has 1 fully saturated rings. The summed E-state index contributed by atoms with van der Waals surface area (Å²) < 4.78 is 1.53. The average molecular weight is 351 g/mol. The van der Waals surface area contributed by atoms with E-state index in [2.05, 4.69) is 29.6 Å². The molecule has 3 rings (SSSR count). The Kier molecular flexibility index (Phi) is 5.85. The van der Waals surface area contributed by atoms with Crippen LogP contribution >= 0.6 is 12.4 Å². The maximum absolute atomic E-state index is 12.2. The number of benzene rings is 1. The largest absolute Gasteiger partial charge is 0.504 e. The van der Waals surface area contributed by atoms with E-state index >= 15 is 0 Å². The zero-order valence-corrected chi connectivity index (χ0v) is 14.6. The number of halogens is 1. The van der Waals surface area contributed by atoms with Crippen LogP contribution in [-0.2, 0) is 0 Å². The second-order valence-electron chi connectivity index (χ2n) is 6.22. The lowest BCUT2D eigenvalue weighted by atomic mass is 10.0. The zero-order valence-electron chi connectivity index (χ0n) is 13.8. The molecule has 1 aromatic heterocycles. The van der Waals surface area contributed by atoms with Crippen molar-refractivity contribution in [2.45, 2.75) is 32.2 Å². The summed E-state index contributed by atoms with van der Waals surface area (Å²) in [5.74, 6) is 0.00609. The summed E-state index contributed by atoms with van der Waals surface area (Å²) in [6, 6.07) is 8.03. The third kappa shape index (κ3) is 3.88. The molecule has 0 spiro atoms. The Morgan fingerprint density at radius 3 is 2.67 bits per heavy atom. The molecule has 2 heterocycles. The molecule has 1 atom stereocenters. The van der Waals surface area contributed by atoms with Gasteiger partial charge in [0.25, 0.3) is 5.91 Å². The summed E-state index contributed by atoms with van der Waals surface area (Å²) in [6.07, 6.45) is 2.36. The first kappa shape index (κ1) is 18.3. The van der Waals surface area contributed by atoms with E-state index in [1.165, 1.54) is 16.4 Å². The highest BCUT2D eigenvalue weighted by molar-refractivity contribution is 5.95. The normalized spacial score (nSPS) is 16.9. The average Bonchev–Trinajstić information content (AvgIpc) is 3.17. The van der Waals surface area contributed by atoms with Gasteiger partial charge >= 0.3 is 0 Å². The Hall–Kier alpha value is -2.05. The topological polar surface area (TPSA) is 79.2 Å². The van der Waals surface area contributed by atoms with E-state index in [0.29, 0.717) is 5.92 Å². The van der Waals surface area contributed by atoms with Crippen molar-refractivity contribution >= 4 is 18.3 Å². The Balaban J connectivity index is 0.00000208. The lowest BCUT2D eigenvalue weighted by Crippen LogP contribution is -2.36. The molecule has 130 valence electrons. The summed E-state index contributed by atoms with van der Waals surface area (Å²) in [5, 5.41) is 20.3. The molecule has 2 aromatic rings. The first-order chi connectivity index (χ1) is 11.0. The second kappa shape index (κ2) is 7.68. The standard InChI is InChI=1S/C17H22N4O2.ClH/c1-11(2)12-3-5-14(6-4-12)21-10-15(22)16(20-21)17(23)19-13-7-8-18-9-13;/h3-6,10-11,13,18,22H,7-9H2,1-2H3,(H,19,23);1H. The minimum atomic E-state index is -0.339. The van der Waals surface area contributed by atoms with Crippen molar-refractivity contribution in [2.75, 3.05) is 13.1 Å². The van der Waals surface area contributed by atoms with Crippen molar-refractivity contribution < 1.29 is 9.90 Å². The van der Waals surface area contributed by atoms with Gasteiger partial charge in [-0.15, -0.1) is 12.4 Å². The monoisotopic (exact) mass is 350 g/mol. The van der Waals surface area contributed by atoms with E-state index in [0.717, 1.165) is 25.2 Å². The molecule has 0 aliphatic carbocycles. The molecule has 1 aliphatic rings. The van der Waals surface area contributed by atoms with Crippen LogP contribution in [0.4, 0.5) is 0 Å². The van der Waals surface area contributed by atoms with E-state index in [1.807, 2.05) is 24.3 Å². The zero-order chi connectivity index (χ0) is 16.4. The molecule has 1 aromatic carbocycles. The molecule has 24 heavy (non-hydrogen) atoms. The lowest BCUT2D eigenvalue weighted by molar-refractivity contribution is 0.0932. The van der Waals surface area contributed by atoms with Crippen molar-refractivity contribution in [3.05, 3.63) is 41.7 Å². The number of hydrogen-bond donors (Lipinski definition) is 3. The number of carbonyl (C=O) groups is 1. The lowest BCUT2D eigenvalue weighted by Gasteiger charge is -2.09. The molecule has 0 bridgehead atoms. The van der Waals surface area contributed by atoms with Crippen LogP contribution in [0.2, 0.25) is 0 Å². The number of hydrogen-bond acceptors (Lipinski definition) is 4. The van der Waals surface area contributed by atoms with Gasteiger partial charge in [0.15, 0.2) is 11.4 Å². The number of aromatic hydroxyl groups is 1. The van der Waals surface area contributed by atoms with Crippen molar-refractivity contribution in [2.24, 2.45) is 0 Å². The highest BCUT2D eigenvalue weighted by atomic mass is 35.5.